The lowest BCUT2D eigenvalue weighted by Gasteiger charge is -2.11. The Morgan fingerprint density at radius 3 is 2.10 bits per heavy atom. The Balaban J connectivity index is 5.32. The summed E-state index contributed by atoms with van der Waals surface area (Å²) in [4.78, 5) is 2.99. The summed E-state index contributed by atoms with van der Waals surface area (Å²) in [6.45, 7) is 10.8. The van der Waals surface area contributed by atoms with Crippen LogP contribution in [0.3, 0.4) is 0 Å². The molecule has 2 nitrogen and oxygen atoms in total. The van der Waals surface area contributed by atoms with Gasteiger partial charge in [-0.25, -0.2) is 0 Å². The van der Waals surface area contributed by atoms with E-state index in [1.54, 1.807) is 0 Å². The summed E-state index contributed by atoms with van der Waals surface area (Å²) in [7, 11) is 3.80. The largest absolute Gasteiger partial charge is 0.394 e. The molecule has 0 aromatic carbocycles. The fourth-order valence-corrected chi connectivity index (χ4v) is 1.70. The van der Waals surface area contributed by atoms with Crippen LogP contribution in [0.25, 0.3) is 0 Å². The van der Waals surface area contributed by atoms with Crippen LogP contribution in [0.2, 0.25) is 0 Å². The summed E-state index contributed by atoms with van der Waals surface area (Å²) in [5.74, 6) is 0. The molecule has 110 valence electrons. The van der Waals surface area contributed by atoms with Crippen molar-refractivity contribution in [2.24, 2.45) is 0 Å². The van der Waals surface area contributed by atoms with Gasteiger partial charge in [-0.05, 0) is 74.8 Å². The third-order valence-electron chi connectivity index (χ3n) is 3.53. The summed E-state index contributed by atoms with van der Waals surface area (Å²) in [5.41, 5.74) is 6.56. The van der Waals surface area contributed by atoms with E-state index in [2.05, 4.69) is 57.1 Å². The molecule has 0 saturated carbocycles. The minimum atomic E-state index is 1.28. The third kappa shape index (κ3) is 6.37. The molecule has 0 bridgehead atoms. The SMILES string of the molecule is CNC=CC=C(C)C(C)=C(C)C(C)=C(C)C=CC=[NH+]C. The lowest BCUT2D eigenvalue weighted by molar-refractivity contribution is -0.413. The molecule has 0 aromatic rings. The van der Waals surface area contributed by atoms with Crippen molar-refractivity contribution < 1.29 is 4.99 Å². The number of rotatable bonds is 6. The van der Waals surface area contributed by atoms with Crippen LogP contribution >= 0.6 is 0 Å². The number of hydrogen-bond acceptors (Lipinski definition) is 1. The highest BCUT2D eigenvalue weighted by Gasteiger charge is 2.03. The molecule has 0 aliphatic heterocycles. The van der Waals surface area contributed by atoms with E-state index in [9.17, 15) is 0 Å². The Bertz CT molecular complexity index is 484. The van der Waals surface area contributed by atoms with Gasteiger partial charge < -0.3 is 5.32 Å². The molecule has 0 unspecified atom stereocenters. The second-order valence-electron chi connectivity index (χ2n) is 4.87. The molecule has 0 saturated heterocycles. The zero-order valence-electron chi connectivity index (χ0n) is 14.0. The Hall–Kier alpha value is -1.83. The number of allylic oxidation sites excluding steroid dienone is 9. The van der Waals surface area contributed by atoms with Gasteiger partial charge in [0.2, 0.25) is 0 Å². The molecule has 20 heavy (non-hydrogen) atoms. The predicted molar refractivity (Wildman–Crippen MR) is 90.8 cm³/mol. The molecule has 0 aliphatic rings. The molecular weight excluding hydrogens is 244 g/mol. The van der Waals surface area contributed by atoms with Gasteiger partial charge in [0.1, 0.15) is 7.05 Å². The van der Waals surface area contributed by atoms with Gasteiger partial charge in [-0.1, -0.05) is 12.2 Å². The van der Waals surface area contributed by atoms with Crippen LogP contribution in [0.4, 0.5) is 0 Å². The van der Waals surface area contributed by atoms with E-state index < -0.39 is 0 Å². The standard InChI is InChI=1S/C18H28N2/c1-14(10-8-12-19-6)16(3)18(5)17(4)15(2)11-9-13-20-7/h8-13,19H,1-7H3/p+1. The quantitative estimate of drug-likeness (QED) is 0.565. The fraction of sp³-hybridized carbons (Fsp3) is 0.389. The molecule has 0 aliphatic carbocycles. The van der Waals surface area contributed by atoms with E-state index in [4.69, 9.17) is 0 Å². The van der Waals surface area contributed by atoms with Crippen molar-refractivity contribution >= 4 is 6.21 Å². The van der Waals surface area contributed by atoms with Gasteiger partial charge in [-0.15, -0.1) is 0 Å². The van der Waals surface area contributed by atoms with Gasteiger partial charge in [0.05, 0.1) is 0 Å². The van der Waals surface area contributed by atoms with Crippen molar-refractivity contribution in [2.45, 2.75) is 34.6 Å². The topological polar surface area (TPSA) is 26.0 Å². The van der Waals surface area contributed by atoms with Gasteiger partial charge in [-0.3, -0.25) is 4.99 Å². The van der Waals surface area contributed by atoms with Gasteiger partial charge in [0.15, 0.2) is 6.21 Å². The molecule has 0 rings (SSSR count). The highest BCUT2D eigenvalue weighted by atomic mass is 14.8. The summed E-state index contributed by atoms with van der Waals surface area (Å²) in [6.07, 6.45) is 12.2. The van der Waals surface area contributed by atoms with Crippen molar-refractivity contribution in [3.05, 3.63) is 58.4 Å². The highest BCUT2D eigenvalue weighted by molar-refractivity contribution is 5.66. The number of nitrogens with one attached hydrogen (secondary N) is 2. The molecule has 0 amide bonds. The lowest BCUT2D eigenvalue weighted by Crippen LogP contribution is -2.62. The first-order chi connectivity index (χ1) is 9.45. The second-order valence-corrected chi connectivity index (χ2v) is 4.87. The van der Waals surface area contributed by atoms with Crippen molar-refractivity contribution in [3.63, 3.8) is 0 Å². The molecular formula is C18H29N2+. The van der Waals surface area contributed by atoms with Crippen LogP contribution in [-0.2, 0) is 0 Å². The van der Waals surface area contributed by atoms with Gasteiger partial charge in [0, 0.05) is 13.1 Å². The Kier molecular flexibility index (Phi) is 9.10. The minimum absolute atomic E-state index is 1.28. The zero-order valence-corrected chi connectivity index (χ0v) is 14.0. The highest BCUT2D eigenvalue weighted by Crippen LogP contribution is 2.22. The van der Waals surface area contributed by atoms with E-state index in [-0.39, 0.29) is 0 Å². The Morgan fingerprint density at radius 1 is 0.900 bits per heavy atom. The normalized spacial score (nSPS) is 16.1. The van der Waals surface area contributed by atoms with E-state index in [0.717, 1.165) is 0 Å². The van der Waals surface area contributed by atoms with Crippen molar-refractivity contribution in [3.8, 4) is 0 Å². The van der Waals surface area contributed by atoms with Crippen LogP contribution in [-0.4, -0.2) is 20.3 Å². The molecule has 0 spiro atoms. The van der Waals surface area contributed by atoms with E-state index in [0.29, 0.717) is 0 Å². The first kappa shape index (κ1) is 18.2. The smallest absolute Gasteiger partial charge is 0.161 e. The van der Waals surface area contributed by atoms with E-state index >= 15 is 0 Å². The Labute approximate surface area is 124 Å². The summed E-state index contributed by atoms with van der Waals surface area (Å²) in [6, 6.07) is 0. The van der Waals surface area contributed by atoms with Crippen molar-refractivity contribution in [1.29, 1.82) is 0 Å². The predicted octanol–water partition coefficient (Wildman–Crippen LogP) is 2.68. The van der Waals surface area contributed by atoms with Crippen LogP contribution in [0.1, 0.15) is 34.6 Å². The summed E-state index contributed by atoms with van der Waals surface area (Å²) in [5, 5.41) is 2.99. The number of hydrogen-bond donors (Lipinski definition) is 2. The van der Waals surface area contributed by atoms with Crippen LogP contribution in [0.15, 0.2) is 58.4 Å². The molecule has 0 aromatic heterocycles. The first-order valence-corrected chi connectivity index (χ1v) is 6.99. The first-order valence-electron chi connectivity index (χ1n) is 6.99. The lowest BCUT2D eigenvalue weighted by atomic mass is 9.95. The third-order valence-corrected chi connectivity index (χ3v) is 3.53. The van der Waals surface area contributed by atoms with Gasteiger partial charge in [-0.2, -0.15) is 0 Å². The fourth-order valence-electron chi connectivity index (χ4n) is 1.70. The zero-order chi connectivity index (χ0) is 15.5. The minimum Gasteiger partial charge on any atom is -0.394 e. The molecule has 2 N–H and O–H groups in total. The van der Waals surface area contributed by atoms with Crippen molar-refractivity contribution in [2.75, 3.05) is 14.1 Å². The average Bonchev–Trinajstić information content (AvgIpc) is 2.45. The maximum absolute atomic E-state index is 2.99. The van der Waals surface area contributed by atoms with Crippen LogP contribution in [0, 0.1) is 0 Å². The molecule has 0 atom stereocenters. The van der Waals surface area contributed by atoms with Crippen molar-refractivity contribution in [1.82, 2.24) is 5.32 Å². The summed E-state index contributed by atoms with van der Waals surface area (Å²) < 4.78 is 0. The second kappa shape index (κ2) is 10.0. The van der Waals surface area contributed by atoms with Crippen LogP contribution in [0.5, 0.6) is 0 Å². The molecule has 0 heterocycles. The van der Waals surface area contributed by atoms with Gasteiger partial charge >= 0.3 is 0 Å². The molecule has 0 radical (unpaired) electrons. The van der Waals surface area contributed by atoms with Gasteiger partial charge in [0.25, 0.3) is 0 Å². The Morgan fingerprint density at radius 2 is 1.55 bits per heavy atom. The molecule has 2 heteroatoms. The van der Waals surface area contributed by atoms with E-state index in [1.165, 1.54) is 27.9 Å². The van der Waals surface area contributed by atoms with Crippen LogP contribution < -0.4 is 10.3 Å². The average molecular weight is 273 g/mol. The molecule has 0 fully saturated rings. The van der Waals surface area contributed by atoms with E-state index in [1.807, 2.05) is 38.7 Å². The summed E-state index contributed by atoms with van der Waals surface area (Å²) >= 11 is 0. The maximum Gasteiger partial charge on any atom is 0.161 e. The maximum atomic E-state index is 2.99. The monoisotopic (exact) mass is 273 g/mol.